The number of fused-ring (bicyclic) bond motifs is 1. The largest absolute Gasteiger partial charge is 0.396 e. The molecule has 6 nitrogen and oxygen atoms in total. The van der Waals surface area contributed by atoms with Gasteiger partial charge < -0.3 is 10.4 Å². The van der Waals surface area contributed by atoms with Crippen LogP contribution in [0.1, 0.15) is 30.3 Å². The van der Waals surface area contributed by atoms with Crippen molar-refractivity contribution in [3.63, 3.8) is 0 Å². The van der Waals surface area contributed by atoms with Crippen LogP contribution < -0.4 is 5.32 Å². The molecule has 1 atom stereocenters. The van der Waals surface area contributed by atoms with E-state index < -0.39 is 0 Å². The molecular weight excluding hydrogens is 278 g/mol. The van der Waals surface area contributed by atoms with Gasteiger partial charge >= 0.3 is 0 Å². The maximum atomic E-state index is 9.11. The molecule has 0 radical (unpaired) electrons. The van der Waals surface area contributed by atoms with Crippen molar-refractivity contribution in [3.05, 3.63) is 54.1 Å². The highest BCUT2D eigenvalue weighted by molar-refractivity contribution is 5.50. The third-order valence-electron chi connectivity index (χ3n) is 3.65. The van der Waals surface area contributed by atoms with Crippen LogP contribution in [0.5, 0.6) is 0 Å². The van der Waals surface area contributed by atoms with Crippen LogP contribution in [0.3, 0.4) is 0 Å². The third kappa shape index (κ3) is 3.07. The lowest BCUT2D eigenvalue weighted by Crippen LogP contribution is -2.12. The maximum absolute atomic E-state index is 9.11. The van der Waals surface area contributed by atoms with Crippen LogP contribution in [0.15, 0.2) is 42.7 Å². The molecule has 0 aliphatic heterocycles. The van der Waals surface area contributed by atoms with E-state index in [2.05, 4.69) is 32.6 Å². The molecule has 0 spiro atoms. The number of aliphatic hydroxyl groups is 1. The molecule has 1 aromatic carbocycles. The van der Waals surface area contributed by atoms with E-state index in [4.69, 9.17) is 5.11 Å². The van der Waals surface area contributed by atoms with Gasteiger partial charge in [-0.3, -0.25) is 4.40 Å². The molecule has 3 rings (SSSR count). The van der Waals surface area contributed by atoms with Crippen molar-refractivity contribution in [2.24, 2.45) is 0 Å². The Bertz CT molecular complexity index is 741. The van der Waals surface area contributed by atoms with Crippen LogP contribution in [0, 0.1) is 6.92 Å². The van der Waals surface area contributed by atoms with Crippen molar-refractivity contribution in [3.8, 4) is 0 Å². The van der Waals surface area contributed by atoms with E-state index in [1.165, 1.54) is 5.56 Å². The highest BCUT2D eigenvalue weighted by Gasteiger charge is 2.12. The molecule has 0 aliphatic rings. The van der Waals surface area contributed by atoms with E-state index >= 15 is 0 Å². The van der Waals surface area contributed by atoms with Gasteiger partial charge in [-0.05, 0) is 25.3 Å². The summed E-state index contributed by atoms with van der Waals surface area (Å²) in [6.45, 7) is 2.07. The maximum Gasteiger partial charge on any atom is 0.165 e. The predicted molar refractivity (Wildman–Crippen MR) is 84.6 cm³/mol. The van der Waals surface area contributed by atoms with E-state index in [0.29, 0.717) is 0 Å². The average molecular weight is 297 g/mol. The van der Waals surface area contributed by atoms with Crippen LogP contribution in [-0.2, 0) is 0 Å². The third-order valence-corrected chi connectivity index (χ3v) is 3.65. The minimum absolute atomic E-state index is 0.104. The molecule has 2 heterocycles. The second kappa shape index (κ2) is 6.53. The monoisotopic (exact) mass is 297 g/mol. The number of nitrogens with one attached hydrogen (secondary N) is 1. The Morgan fingerprint density at radius 3 is 2.82 bits per heavy atom. The molecule has 22 heavy (non-hydrogen) atoms. The van der Waals surface area contributed by atoms with Crippen molar-refractivity contribution in [1.82, 2.24) is 19.6 Å². The molecule has 0 bridgehead atoms. The number of aromatic nitrogens is 4. The Morgan fingerprint density at radius 2 is 2.05 bits per heavy atom. The van der Waals surface area contributed by atoms with Crippen molar-refractivity contribution in [2.45, 2.75) is 25.8 Å². The van der Waals surface area contributed by atoms with E-state index in [0.717, 1.165) is 30.1 Å². The van der Waals surface area contributed by atoms with E-state index in [9.17, 15) is 0 Å². The summed E-state index contributed by atoms with van der Waals surface area (Å²) in [4.78, 5) is 4.42. The number of aliphatic hydroxyl groups excluding tert-OH is 1. The fraction of sp³-hybridized carbons (Fsp3) is 0.312. The summed E-state index contributed by atoms with van der Waals surface area (Å²) in [7, 11) is 0. The normalized spacial score (nSPS) is 12.5. The average Bonchev–Trinajstić information content (AvgIpc) is 2.93. The Hall–Kier alpha value is -2.47. The van der Waals surface area contributed by atoms with Gasteiger partial charge in [0.1, 0.15) is 18.0 Å². The van der Waals surface area contributed by atoms with Gasteiger partial charge in [0.25, 0.3) is 0 Å². The number of hydrogen-bond acceptors (Lipinski definition) is 5. The molecule has 0 saturated carbocycles. The number of benzene rings is 1. The molecule has 6 heteroatoms. The van der Waals surface area contributed by atoms with Gasteiger partial charge in [0, 0.05) is 12.7 Å². The smallest absolute Gasteiger partial charge is 0.165 e. The summed E-state index contributed by atoms with van der Waals surface area (Å²) < 4.78 is 1.84. The molecule has 0 unspecified atom stereocenters. The highest BCUT2D eigenvalue weighted by atomic mass is 16.2. The Labute approximate surface area is 128 Å². The lowest BCUT2D eigenvalue weighted by Gasteiger charge is -2.19. The van der Waals surface area contributed by atoms with Crippen molar-refractivity contribution in [1.29, 1.82) is 0 Å². The fourth-order valence-electron chi connectivity index (χ4n) is 2.47. The molecule has 2 aromatic heterocycles. The zero-order valence-corrected chi connectivity index (χ0v) is 12.5. The zero-order valence-electron chi connectivity index (χ0n) is 12.5. The second-order valence-electron chi connectivity index (χ2n) is 5.22. The minimum Gasteiger partial charge on any atom is -0.396 e. The van der Waals surface area contributed by atoms with Crippen LogP contribution in [0.4, 0.5) is 5.82 Å². The Kier molecular flexibility index (Phi) is 4.29. The van der Waals surface area contributed by atoms with Gasteiger partial charge in [0.05, 0.1) is 6.04 Å². The summed E-state index contributed by atoms with van der Waals surface area (Å²) in [5, 5.41) is 20.7. The number of anilines is 1. The summed E-state index contributed by atoms with van der Waals surface area (Å²) >= 11 is 0. The summed E-state index contributed by atoms with van der Waals surface area (Å²) in [5.74, 6) is 1.57. The molecule has 114 valence electrons. The first-order chi connectivity index (χ1) is 10.8. The van der Waals surface area contributed by atoms with Crippen molar-refractivity contribution < 1.29 is 5.11 Å². The standard InChI is InChI=1S/C16H19N5O/c1-12-19-20-16-10-15(17-11-21(12)16)18-14(8-5-9-22)13-6-3-2-4-7-13/h2-4,6-7,10-11,14,18,22H,5,8-9H2,1H3/t14-/m1/s1. The first-order valence-corrected chi connectivity index (χ1v) is 7.37. The molecular formula is C16H19N5O. The van der Waals surface area contributed by atoms with Crippen molar-refractivity contribution >= 4 is 11.5 Å². The number of nitrogens with zero attached hydrogens (tertiary/aromatic N) is 4. The Balaban J connectivity index is 1.84. The number of aryl methyl sites for hydroxylation is 1. The second-order valence-corrected chi connectivity index (χ2v) is 5.22. The van der Waals surface area contributed by atoms with Crippen LogP contribution in [-0.4, -0.2) is 31.3 Å². The summed E-state index contributed by atoms with van der Waals surface area (Å²) in [6, 6.07) is 12.2. The van der Waals surface area contributed by atoms with Gasteiger partial charge in [-0.15, -0.1) is 10.2 Å². The summed E-state index contributed by atoms with van der Waals surface area (Å²) in [6.07, 6.45) is 3.29. The number of hydrogen-bond donors (Lipinski definition) is 2. The molecule has 0 aliphatic carbocycles. The van der Waals surface area contributed by atoms with Crippen molar-refractivity contribution in [2.75, 3.05) is 11.9 Å². The SMILES string of the molecule is Cc1nnc2cc(N[C@H](CCCO)c3ccccc3)ncn12. The van der Waals surface area contributed by atoms with E-state index in [1.54, 1.807) is 6.33 Å². The zero-order chi connectivity index (χ0) is 15.4. The van der Waals surface area contributed by atoms with Crippen LogP contribution >= 0.6 is 0 Å². The van der Waals surface area contributed by atoms with E-state index in [1.807, 2.05) is 35.6 Å². The van der Waals surface area contributed by atoms with Gasteiger partial charge in [-0.1, -0.05) is 30.3 Å². The quantitative estimate of drug-likeness (QED) is 0.730. The topological polar surface area (TPSA) is 75.3 Å². The van der Waals surface area contributed by atoms with Gasteiger partial charge in [0.15, 0.2) is 5.65 Å². The molecule has 2 N–H and O–H groups in total. The minimum atomic E-state index is 0.104. The Morgan fingerprint density at radius 1 is 1.23 bits per heavy atom. The lowest BCUT2D eigenvalue weighted by atomic mass is 10.0. The van der Waals surface area contributed by atoms with Crippen LogP contribution in [0.2, 0.25) is 0 Å². The molecule has 0 fully saturated rings. The lowest BCUT2D eigenvalue weighted by molar-refractivity contribution is 0.281. The van der Waals surface area contributed by atoms with Gasteiger partial charge in [-0.2, -0.15) is 0 Å². The fourth-order valence-corrected chi connectivity index (χ4v) is 2.47. The molecule has 0 saturated heterocycles. The summed E-state index contributed by atoms with van der Waals surface area (Å²) in [5.41, 5.74) is 1.94. The van der Waals surface area contributed by atoms with Gasteiger partial charge in [0.2, 0.25) is 0 Å². The number of rotatable bonds is 6. The van der Waals surface area contributed by atoms with Gasteiger partial charge in [-0.25, -0.2) is 4.98 Å². The molecule has 3 aromatic rings. The predicted octanol–water partition coefficient (Wildman–Crippen LogP) is 2.36. The molecule has 0 amide bonds. The first kappa shape index (κ1) is 14.5. The highest BCUT2D eigenvalue weighted by Crippen LogP contribution is 2.23. The first-order valence-electron chi connectivity index (χ1n) is 7.37. The van der Waals surface area contributed by atoms with Crippen LogP contribution in [0.25, 0.3) is 5.65 Å². The van der Waals surface area contributed by atoms with E-state index in [-0.39, 0.29) is 12.6 Å².